The molecule has 0 spiro atoms. The zero-order valence-electron chi connectivity index (χ0n) is 7.17. The molecule has 11 heavy (non-hydrogen) atoms. The minimum Gasteiger partial charge on any atom is -0.400 e. The fourth-order valence-corrected chi connectivity index (χ4v) is 0.649. The van der Waals surface area contributed by atoms with Crippen LogP contribution >= 0.6 is 0 Å². The van der Waals surface area contributed by atoms with E-state index in [2.05, 4.69) is 0 Å². The van der Waals surface area contributed by atoms with Crippen molar-refractivity contribution in [3.63, 3.8) is 0 Å². The van der Waals surface area contributed by atoms with Crippen LogP contribution in [-0.4, -0.2) is 0 Å². The second kappa shape index (κ2) is 5.59. The van der Waals surface area contributed by atoms with Crippen LogP contribution in [0.3, 0.4) is 0 Å². The summed E-state index contributed by atoms with van der Waals surface area (Å²) in [6.45, 7) is 3.87. The highest BCUT2D eigenvalue weighted by atomic mass is 14.7. The van der Waals surface area contributed by atoms with Gasteiger partial charge in [0, 0.05) is 12.1 Å². The highest BCUT2D eigenvalue weighted by Gasteiger charge is 1.90. The van der Waals surface area contributed by atoms with E-state index in [9.17, 15) is 0 Å². The zero-order valence-corrected chi connectivity index (χ0v) is 7.17. The van der Waals surface area contributed by atoms with E-state index in [0.29, 0.717) is 5.70 Å². The maximum Gasteiger partial charge on any atom is 0.0504 e. The molecule has 2 heteroatoms. The van der Waals surface area contributed by atoms with Gasteiger partial charge in [0.1, 0.15) is 0 Å². The van der Waals surface area contributed by atoms with Gasteiger partial charge in [0.15, 0.2) is 0 Å². The first-order valence-corrected chi connectivity index (χ1v) is 3.70. The molecule has 0 atom stereocenters. The Balaban J connectivity index is 4.15. The molecule has 0 amide bonds. The van der Waals surface area contributed by atoms with Gasteiger partial charge >= 0.3 is 0 Å². The van der Waals surface area contributed by atoms with Crippen molar-refractivity contribution < 1.29 is 0 Å². The van der Waals surface area contributed by atoms with Crippen LogP contribution in [0.4, 0.5) is 0 Å². The molecular formula is C9H16N2. The van der Waals surface area contributed by atoms with Gasteiger partial charge in [0.25, 0.3) is 0 Å². The van der Waals surface area contributed by atoms with Gasteiger partial charge < -0.3 is 11.5 Å². The lowest BCUT2D eigenvalue weighted by Gasteiger charge is -1.98. The van der Waals surface area contributed by atoms with E-state index in [0.717, 1.165) is 12.1 Å². The van der Waals surface area contributed by atoms with Gasteiger partial charge in [-0.2, -0.15) is 0 Å². The molecule has 4 N–H and O–H groups in total. The van der Waals surface area contributed by atoms with Gasteiger partial charge in [-0.25, -0.2) is 0 Å². The van der Waals surface area contributed by atoms with Crippen LogP contribution in [0.2, 0.25) is 0 Å². The van der Waals surface area contributed by atoms with Crippen molar-refractivity contribution in [2.24, 2.45) is 11.5 Å². The Bertz CT molecular complexity index is 188. The van der Waals surface area contributed by atoms with E-state index >= 15 is 0 Å². The highest BCUT2D eigenvalue weighted by Crippen LogP contribution is 1.99. The molecule has 0 aromatic carbocycles. The molecule has 0 aliphatic heterocycles. The summed E-state index contributed by atoms with van der Waals surface area (Å²) in [4.78, 5) is 0. The monoisotopic (exact) mass is 152 g/mol. The third kappa shape index (κ3) is 4.25. The Morgan fingerprint density at radius 1 is 1.18 bits per heavy atom. The van der Waals surface area contributed by atoms with Crippen molar-refractivity contribution in [3.8, 4) is 0 Å². The average Bonchev–Trinajstić information content (AvgIpc) is 2.00. The fourth-order valence-electron chi connectivity index (χ4n) is 0.649. The number of nitrogens with two attached hydrogens (primary N) is 2. The van der Waals surface area contributed by atoms with Gasteiger partial charge in [-0.05, 0) is 19.9 Å². The van der Waals surface area contributed by atoms with Gasteiger partial charge in [-0.15, -0.1) is 0 Å². The van der Waals surface area contributed by atoms with Gasteiger partial charge in [-0.1, -0.05) is 18.2 Å². The zero-order chi connectivity index (χ0) is 8.69. The first-order valence-electron chi connectivity index (χ1n) is 3.70. The first-order chi connectivity index (χ1) is 5.22. The van der Waals surface area contributed by atoms with Crippen molar-refractivity contribution in [3.05, 3.63) is 35.7 Å². The summed E-state index contributed by atoms with van der Waals surface area (Å²) in [6, 6.07) is 0. The lowest BCUT2D eigenvalue weighted by molar-refractivity contribution is 1.10. The molecule has 0 radical (unpaired) electrons. The summed E-state index contributed by atoms with van der Waals surface area (Å²) in [7, 11) is 0. The topological polar surface area (TPSA) is 52.0 Å². The third-order valence-corrected chi connectivity index (χ3v) is 1.29. The SMILES string of the molecule is C/C=C\C/C(N)=C(N)\C=C\C. The van der Waals surface area contributed by atoms with E-state index in [1.165, 1.54) is 0 Å². The van der Waals surface area contributed by atoms with Gasteiger partial charge in [0.2, 0.25) is 0 Å². The number of hydrogen-bond donors (Lipinski definition) is 2. The largest absolute Gasteiger partial charge is 0.400 e. The van der Waals surface area contributed by atoms with Crippen molar-refractivity contribution in [2.45, 2.75) is 20.3 Å². The van der Waals surface area contributed by atoms with Crippen LogP contribution < -0.4 is 11.5 Å². The minimum absolute atomic E-state index is 0.658. The van der Waals surface area contributed by atoms with Crippen molar-refractivity contribution in [1.29, 1.82) is 0 Å². The molecule has 0 aliphatic rings. The standard InChI is InChI=1S/C9H16N2/c1-3-5-7-9(11)8(10)6-4-2/h3-6H,7,10-11H2,1-2H3/b5-3-,6-4+,9-8-. The van der Waals surface area contributed by atoms with E-state index in [-0.39, 0.29) is 0 Å². The molecule has 0 unspecified atom stereocenters. The Hall–Kier alpha value is -1.18. The van der Waals surface area contributed by atoms with E-state index in [1.54, 1.807) is 6.08 Å². The number of hydrogen-bond acceptors (Lipinski definition) is 2. The van der Waals surface area contributed by atoms with Crippen LogP contribution in [-0.2, 0) is 0 Å². The third-order valence-electron chi connectivity index (χ3n) is 1.29. The summed E-state index contributed by atoms with van der Waals surface area (Å²) >= 11 is 0. The molecule has 2 nitrogen and oxygen atoms in total. The molecular weight excluding hydrogens is 136 g/mol. The normalized spacial score (nSPS) is 14.4. The lowest BCUT2D eigenvalue weighted by Crippen LogP contribution is -2.06. The summed E-state index contributed by atoms with van der Waals surface area (Å²) in [5.41, 5.74) is 12.6. The van der Waals surface area contributed by atoms with Crippen LogP contribution in [0.15, 0.2) is 35.7 Å². The van der Waals surface area contributed by atoms with Crippen LogP contribution in [0.5, 0.6) is 0 Å². The summed E-state index contributed by atoms with van der Waals surface area (Å²) in [5, 5.41) is 0. The molecule has 0 aliphatic carbocycles. The number of rotatable bonds is 3. The second-order valence-corrected chi connectivity index (χ2v) is 2.25. The van der Waals surface area contributed by atoms with E-state index in [1.807, 2.05) is 32.1 Å². The maximum absolute atomic E-state index is 5.64. The molecule has 0 fully saturated rings. The Labute approximate surface area is 68.3 Å². The highest BCUT2D eigenvalue weighted by molar-refractivity contribution is 5.21. The Morgan fingerprint density at radius 3 is 2.27 bits per heavy atom. The summed E-state index contributed by atoms with van der Waals surface area (Å²) in [6.07, 6.45) is 8.34. The lowest BCUT2D eigenvalue weighted by atomic mass is 10.2. The average molecular weight is 152 g/mol. The minimum atomic E-state index is 0.658. The molecule has 0 heterocycles. The molecule has 0 rings (SSSR count). The van der Waals surface area contributed by atoms with Crippen molar-refractivity contribution >= 4 is 0 Å². The molecule has 0 saturated carbocycles. The summed E-state index contributed by atoms with van der Waals surface area (Å²) < 4.78 is 0. The van der Waals surface area contributed by atoms with Crippen LogP contribution in [0.25, 0.3) is 0 Å². The van der Waals surface area contributed by atoms with Crippen molar-refractivity contribution in [1.82, 2.24) is 0 Å². The smallest absolute Gasteiger partial charge is 0.0504 e. The van der Waals surface area contributed by atoms with Gasteiger partial charge in [0.05, 0.1) is 5.70 Å². The molecule has 0 bridgehead atoms. The van der Waals surface area contributed by atoms with Gasteiger partial charge in [-0.3, -0.25) is 0 Å². The second-order valence-electron chi connectivity index (χ2n) is 2.25. The predicted octanol–water partition coefficient (Wildman–Crippen LogP) is 1.66. The fraction of sp³-hybridized carbons (Fsp3) is 0.333. The predicted molar refractivity (Wildman–Crippen MR) is 49.6 cm³/mol. The number of allylic oxidation sites excluding steroid dienone is 4. The maximum atomic E-state index is 5.64. The van der Waals surface area contributed by atoms with Crippen LogP contribution in [0, 0.1) is 0 Å². The quantitative estimate of drug-likeness (QED) is 0.477. The first kappa shape index (κ1) is 9.82. The van der Waals surface area contributed by atoms with E-state index < -0.39 is 0 Å². The summed E-state index contributed by atoms with van der Waals surface area (Å²) in [5.74, 6) is 0. The Morgan fingerprint density at radius 2 is 1.82 bits per heavy atom. The molecule has 62 valence electrons. The molecule has 0 aromatic rings. The van der Waals surface area contributed by atoms with E-state index in [4.69, 9.17) is 11.5 Å². The molecule has 0 saturated heterocycles. The van der Waals surface area contributed by atoms with Crippen molar-refractivity contribution in [2.75, 3.05) is 0 Å². The molecule has 0 aromatic heterocycles. The van der Waals surface area contributed by atoms with Crippen LogP contribution in [0.1, 0.15) is 20.3 Å². The Kier molecular flexibility index (Phi) is 4.99.